The highest BCUT2D eigenvalue weighted by atomic mass is 15.0. The van der Waals surface area contributed by atoms with Crippen molar-refractivity contribution in [2.45, 2.75) is 0 Å². The Balaban J connectivity index is 2.17. The largest absolute Gasteiger partial charge is 0.299 e. The van der Waals surface area contributed by atoms with Gasteiger partial charge in [0.1, 0.15) is 5.65 Å². The first-order chi connectivity index (χ1) is 9.43. The van der Waals surface area contributed by atoms with Crippen LogP contribution < -0.4 is 0 Å². The molecule has 0 radical (unpaired) electrons. The van der Waals surface area contributed by atoms with E-state index in [0.717, 1.165) is 5.65 Å². The van der Waals surface area contributed by atoms with Gasteiger partial charge in [0.25, 0.3) is 0 Å². The summed E-state index contributed by atoms with van der Waals surface area (Å²) in [4.78, 5) is 4.51. The summed E-state index contributed by atoms with van der Waals surface area (Å²) in [6.45, 7) is 0. The molecule has 2 nitrogen and oxygen atoms in total. The maximum absolute atomic E-state index is 4.51. The quantitative estimate of drug-likeness (QED) is 0.491. The summed E-state index contributed by atoms with van der Waals surface area (Å²) >= 11 is 0. The molecule has 0 aliphatic carbocycles. The van der Waals surface area contributed by atoms with Crippen LogP contribution in [0.15, 0.2) is 73.1 Å². The number of rotatable bonds is 1. The summed E-state index contributed by atoms with van der Waals surface area (Å²) in [6, 6.07) is 21.0. The van der Waals surface area contributed by atoms with E-state index in [1.54, 1.807) is 0 Å². The Labute approximate surface area is 111 Å². The molecule has 2 aromatic carbocycles. The molecule has 0 aliphatic heterocycles. The van der Waals surface area contributed by atoms with E-state index < -0.39 is 0 Å². The minimum Gasteiger partial charge on any atom is -0.299 e. The first kappa shape index (κ1) is 10.3. The lowest BCUT2D eigenvalue weighted by molar-refractivity contribution is 1.26. The van der Waals surface area contributed by atoms with E-state index in [1.807, 2.05) is 18.5 Å². The van der Waals surface area contributed by atoms with Crippen LogP contribution in [0.2, 0.25) is 0 Å². The van der Waals surface area contributed by atoms with Crippen molar-refractivity contribution in [1.82, 2.24) is 9.38 Å². The molecule has 0 amide bonds. The zero-order chi connectivity index (χ0) is 12.7. The first-order valence-electron chi connectivity index (χ1n) is 6.34. The molecule has 0 saturated carbocycles. The van der Waals surface area contributed by atoms with Crippen LogP contribution in [0.4, 0.5) is 0 Å². The SMILES string of the molecule is c1ccc(-c2cc3ccccc3n3ccnc23)cc1. The van der Waals surface area contributed by atoms with Crippen LogP contribution in [0, 0.1) is 0 Å². The van der Waals surface area contributed by atoms with Gasteiger partial charge in [0, 0.05) is 18.0 Å². The second-order valence-electron chi connectivity index (χ2n) is 4.60. The smallest absolute Gasteiger partial charge is 0.145 e. The molecule has 0 bridgehead atoms. The lowest BCUT2D eigenvalue weighted by Gasteiger charge is -2.08. The normalized spacial score (nSPS) is 11.2. The summed E-state index contributed by atoms with van der Waals surface area (Å²) in [6.07, 6.45) is 3.87. The van der Waals surface area contributed by atoms with Gasteiger partial charge in [-0.05, 0) is 23.1 Å². The molecule has 0 unspecified atom stereocenters. The average molecular weight is 244 g/mol. The minimum atomic E-state index is 1.00. The lowest BCUT2D eigenvalue weighted by Crippen LogP contribution is -1.91. The predicted molar refractivity (Wildman–Crippen MR) is 78.1 cm³/mol. The van der Waals surface area contributed by atoms with Crippen LogP contribution in [0.3, 0.4) is 0 Å². The molecular weight excluding hydrogens is 232 g/mol. The Morgan fingerprint density at radius 2 is 1.63 bits per heavy atom. The molecule has 90 valence electrons. The van der Waals surface area contributed by atoms with Gasteiger partial charge in [-0.3, -0.25) is 4.40 Å². The molecule has 2 heterocycles. The van der Waals surface area contributed by atoms with Gasteiger partial charge in [-0.2, -0.15) is 0 Å². The van der Waals surface area contributed by atoms with Gasteiger partial charge in [0.15, 0.2) is 0 Å². The van der Waals surface area contributed by atoms with Gasteiger partial charge >= 0.3 is 0 Å². The van der Waals surface area contributed by atoms with Crippen molar-refractivity contribution in [3.05, 3.63) is 73.1 Å². The number of hydrogen-bond acceptors (Lipinski definition) is 1. The number of hydrogen-bond donors (Lipinski definition) is 0. The van der Waals surface area contributed by atoms with Gasteiger partial charge in [0.2, 0.25) is 0 Å². The van der Waals surface area contributed by atoms with Crippen LogP contribution >= 0.6 is 0 Å². The van der Waals surface area contributed by atoms with Gasteiger partial charge < -0.3 is 0 Å². The summed E-state index contributed by atoms with van der Waals surface area (Å²) < 4.78 is 2.15. The molecule has 0 N–H and O–H groups in total. The van der Waals surface area contributed by atoms with Gasteiger partial charge in [-0.15, -0.1) is 0 Å². The molecule has 0 atom stereocenters. The second kappa shape index (κ2) is 3.95. The van der Waals surface area contributed by atoms with E-state index in [-0.39, 0.29) is 0 Å². The molecule has 4 rings (SSSR count). The standard InChI is InChI=1S/C17H12N2/c1-2-6-13(7-3-1)15-12-14-8-4-5-9-16(14)19-11-10-18-17(15)19/h1-12H. The molecule has 0 aliphatic rings. The van der Waals surface area contributed by atoms with Crippen molar-refractivity contribution >= 4 is 16.6 Å². The fourth-order valence-electron chi connectivity index (χ4n) is 2.58. The maximum Gasteiger partial charge on any atom is 0.145 e. The van der Waals surface area contributed by atoms with Crippen molar-refractivity contribution in [1.29, 1.82) is 0 Å². The monoisotopic (exact) mass is 244 g/mol. The maximum atomic E-state index is 4.51. The molecule has 2 heteroatoms. The summed E-state index contributed by atoms with van der Waals surface area (Å²) in [7, 11) is 0. The molecule has 0 spiro atoms. The van der Waals surface area contributed by atoms with Gasteiger partial charge in [-0.25, -0.2) is 4.98 Å². The van der Waals surface area contributed by atoms with Gasteiger partial charge in [0.05, 0.1) is 5.52 Å². The molecule has 2 aromatic heterocycles. The Bertz CT molecular complexity index is 860. The van der Waals surface area contributed by atoms with E-state index >= 15 is 0 Å². The zero-order valence-corrected chi connectivity index (χ0v) is 10.3. The van der Waals surface area contributed by atoms with E-state index in [1.165, 1.54) is 22.0 Å². The number of fused-ring (bicyclic) bond motifs is 3. The summed E-state index contributed by atoms with van der Waals surface area (Å²) in [5, 5.41) is 1.23. The van der Waals surface area contributed by atoms with Gasteiger partial charge in [-0.1, -0.05) is 48.5 Å². The second-order valence-corrected chi connectivity index (χ2v) is 4.60. The topological polar surface area (TPSA) is 17.3 Å². The number of nitrogens with zero attached hydrogens (tertiary/aromatic N) is 2. The van der Waals surface area contributed by atoms with Crippen molar-refractivity contribution in [2.75, 3.05) is 0 Å². The predicted octanol–water partition coefficient (Wildman–Crippen LogP) is 4.15. The number of aromatic nitrogens is 2. The zero-order valence-electron chi connectivity index (χ0n) is 10.3. The molecule has 19 heavy (non-hydrogen) atoms. The van der Waals surface area contributed by atoms with E-state index in [4.69, 9.17) is 0 Å². The fraction of sp³-hybridized carbons (Fsp3) is 0. The molecule has 0 fully saturated rings. The lowest BCUT2D eigenvalue weighted by atomic mass is 10.0. The molecular formula is C17H12N2. The average Bonchev–Trinajstić information content (AvgIpc) is 2.97. The minimum absolute atomic E-state index is 1.00. The van der Waals surface area contributed by atoms with Crippen LogP contribution in [0.1, 0.15) is 0 Å². The Morgan fingerprint density at radius 1 is 0.842 bits per heavy atom. The van der Waals surface area contributed by atoms with Crippen LogP contribution in [-0.4, -0.2) is 9.38 Å². The van der Waals surface area contributed by atoms with Crippen LogP contribution in [0.25, 0.3) is 27.7 Å². The Kier molecular flexibility index (Phi) is 2.15. The highest BCUT2D eigenvalue weighted by molar-refractivity contribution is 5.91. The Hall–Kier alpha value is -2.61. The van der Waals surface area contributed by atoms with Crippen LogP contribution in [0.5, 0.6) is 0 Å². The van der Waals surface area contributed by atoms with E-state index in [0.29, 0.717) is 0 Å². The van der Waals surface area contributed by atoms with Crippen molar-refractivity contribution in [3.8, 4) is 11.1 Å². The molecule has 4 aromatic rings. The summed E-state index contributed by atoms with van der Waals surface area (Å²) in [5.74, 6) is 0. The van der Waals surface area contributed by atoms with Crippen molar-refractivity contribution < 1.29 is 0 Å². The van der Waals surface area contributed by atoms with E-state index in [2.05, 4.69) is 64.0 Å². The highest BCUT2D eigenvalue weighted by Gasteiger charge is 2.08. The highest BCUT2D eigenvalue weighted by Crippen LogP contribution is 2.28. The van der Waals surface area contributed by atoms with Crippen molar-refractivity contribution in [2.24, 2.45) is 0 Å². The number of pyridine rings is 1. The van der Waals surface area contributed by atoms with Crippen molar-refractivity contribution in [3.63, 3.8) is 0 Å². The molecule has 0 saturated heterocycles. The van der Waals surface area contributed by atoms with E-state index in [9.17, 15) is 0 Å². The Morgan fingerprint density at radius 3 is 2.53 bits per heavy atom. The third-order valence-electron chi connectivity index (χ3n) is 3.46. The third-order valence-corrected chi connectivity index (χ3v) is 3.46. The third kappa shape index (κ3) is 1.54. The first-order valence-corrected chi connectivity index (χ1v) is 6.34. The van der Waals surface area contributed by atoms with Crippen LogP contribution in [-0.2, 0) is 0 Å². The number of imidazole rings is 1. The summed E-state index contributed by atoms with van der Waals surface area (Å²) in [5.41, 5.74) is 4.56. The number of benzene rings is 2. The number of para-hydroxylation sites is 1. The fourth-order valence-corrected chi connectivity index (χ4v) is 2.58.